The van der Waals surface area contributed by atoms with Gasteiger partial charge in [0.1, 0.15) is 5.82 Å². The number of halogens is 1. The zero-order valence-electron chi connectivity index (χ0n) is 12.1. The molecule has 1 aromatic rings. The third kappa shape index (κ3) is 3.34. The van der Waals surface area contributed by atoms with E-state index in [1.54, 1.807) is 0 Å². The maximum Gasteiger partial charge on any atom is 0.129 e. The van der Waals surface area contributed by atoms with Crippen LogP contribution >= 0.6 is 0 Å². The lowest BCUT2D eigenvalue weighted by atomic mass is 9.87. The van der Waals surface area contributed by atoms with Crippen LogP contribution in [0.25, 0.3) is 0 Å². The Bertz CT molecular complexity index is 404. The lowest BCUT2D eigenvalue weighted by molar-refractivity contribution is 0.0392. The van der Waals surface area contributed by atoms with E-state index in [-0.39, 0.29) is 11.9 Å². The van der Waals surface area contributed by atoms with Gasteiger partial charge in [-0.3, -0.25) is 0 Å². The first kappa shape index (κ1) is 14.5. The van der Waals surface area contributed by atoms with Crippen molar-refractivity contribution in [3.63, 3.8) is 0 Å². The Morgan fingerprint density at radius 1 is 1.37 bits per heavy atom. The normalized spacial score (nSPS) is 21.4. The van der Waals surface area contributed by atoms with Crippen LogP contribution in [-0.4, -0.2) is 19.8 Å². The van der Waals surface area contributed by atoms with Gasteiger partial charge in [-0.05, 0) is 49.9 Å². The fourth-order valence-corrected chi connectivity index (χ4v) is 2.96. The second kappa shape index (κ2) is 6.49. The highest BCUT2D eigenvalue weighted by atomic mass is 19.1. The van der Waals surface area contributed by atoms with Crippen molar-refractivity contribution in [2.45, 2.75) is 39.7 Å². The molecule has 1 aliphatic rings. The fourth-order valence-electron chi connectivity index (χ4n) is 2.96. The molecule has 0 saturated carbocycles. The van der Waals surface area contributed by atoms with E-state index in [9.17, 15) is 4.39 Å². The Kier molecular flexibility index (Phi) is 4.94. The van der Waals surface area contributed by atoms with Gasteiger partial charge in [0.05, 0.1) is 6.61 Å². The first-order valence-corrected chi connectivity index (χ1v) is 7.21. The maximum atomic E-state index is 13.8. The van der Waals surface area contributed by atoms with Crippen LogP contribution in [0.5, 0.6) is 0 Å². The minimum atomic E-state index is -0.0844. The van der Waals surface area contributed by atoms with Crippen molar-refractivity contribution in [1.82, 2.24) is 5.32 Å². The number of hydrogen-bond donors (Lipinski definition) is 1. The smallest absolute Gasteiger partial charge is 0.129 e. The second-order valence-corrected chi connectivity index (χ2v) is 5.48. The first-order valence-electron chi connectivity index (χ1n) is 7.21. The molecule has 1 aromatic carbocycles. The minimum Gasteiger partial charge on any atom is -0.381 e. The maximum absolute atomic E-state index is 13.8. The molecule has 0 radical (unpaired) electrons. The molecule has 19 heavy (non-hydrogen) atoms. The molecule has 1 aliphatic heterocycles. The molecule has 0 spiro atoms. The van der Waals surface area contributed by atoms with Gasteiger partial charge in [-0.2, -0.15) is 0 Å². The topological polar surface area (TPSA) is 21.3 Å². The van der Waals surface area contributed by atoms with Gasteiger partial charge in [-0.25, -0.2) is 4.39 Å². The highest BCUT2D eigenvalue weighted by Gasteiger charge is 2.25. The van der Waals surface area contributed by atoms with Crippen molar-refractivity contribution in [3.8, 4) is 0 Å². The van der Waals surface area contributed by atoms with E-state index in [2.05, 4.69) is 12.2 Å². The Morgan fingerprint density at radius 3 is 2.58 bits per heavy atom. The molecule has 1 heterocycles. The van der Waals surface area contributed by atoms with E-state index < -0.39 is 0 Å². The Morgan fingerprint density at radius 2 is 2.05 bits per heavy atom. The summed E-state index contributed by atoms with van der Waals surface area (Å²) in [7, 11) is 0. The van der Waals surface area contributed by atoms with Crippen LogP contribution in [0.1, 0.15) is 42.5 Å². The number of aryl methyl sites for hydroxylation is 2. The van der Waals surface area contributed by atoms with Crippen LogP contribution in [0.4, 0.5) is 4.39 Å². The van der Waals surface area contributed by atoms with Crippen molar-refractivity contribution >= 4 is 0 Å². The molecule has 2 nitrogen and oxygen atoms in total. The zero-order valence-corrected chi connectivity index (χ0v) is 12.1. The highest BCUT2D eigenvalue weighted by Crippen LogP contribution is 2.30. The quantitative estimate of drug-likeness (QED) is 0.899. The average molecular weight is 265 g/mol. The van der Waals surface area contributed by atoms with Gasteiger partial charge in [-0.15, -0.1) is 0 Å². The summed E-state index contributed by atoms with van der Waals surface area (Å²) in [6, 6.07) is 4.22. The minimum absolute atomic E-state index is 0.0844. The van der Waals surface area contributed by atoms with Crippen molar-refractivity contribution < 1.29 is 9.13 Å². The van der Waals surface area contributed by atoms with Crippen LogP contribution in [-0.2, 0) is 4.74 Å². The van der Waals surface area contributed by atoms with Crippen LogP contribution in [0, 0.1) is 25.6 Å². The number of nitrogens with one attached hydrogen (secondary N) is 1. The van der Waals surface area contributed by atoms with E-state index in [1.807, 2.05) is 26.0 Å². The average Bonchev–Trinajstić information content (AvgIpc) is 2.42. The summed E-state index contributed by atoms with van der Waals surface area (Å²) in [5.74, 6) is 0.400. The van der Waals surface area contributed by atoms with E-state index in [0.717, 1.165) is 37.3 Å². The second-order valence-electron chi connectivity index (χ2n) is 5.48. The molecule has 3 heteroatoms. The number of benzene rings is 1. The predicted molar refractivity (Wildman–Crippen MR) is 75.8 cm³/mol. The molecule has 1 N–H and O–H groups in total. The van der Waals surface area contributed by atoms with E-state index >= 15 is 0 Å². The van der Waals surface area contributed by atoms with Gasteiger partial charge in [0, 0.05) is 18.6 Å². The summed E-state index contributed by atoms with van der Waals surface area (Å²) in [5.41, 5.74) is 2.65. The van der Waals surface area contributed by atoms with Gasteiger partial charge in [0.2, 0.25) is 0 Å². The van der Waals surface area contributed by atoms with Gasteiger partial charge in [0.15, 0.2) is 0 Å². The van der Waals surface area contributed by atoms with Gasteiger partial charge in [-0.1, -0.05) is 19.1 Å². The molecule has 1 fully saturated rings. The molecule has 106 valence electrons. The number of rotatable bonds is 4. The summed E-state index contributed by atoms with van der Waals surface area (Å²) >= 11 is 0. The molecule has 0 bridgehead atoms. The van der Waals surface area contributed by atoms with Crippen LogP contribution < -0.4 is 5.32 Å². The Labute approximate surface area is 115 Å². The summed E-state index contributed by atoms with van der Waals surface area (Å²) in [4.78, 5) is 0. The molecule has 1 saturated heterocycles. The van der Waals surface area contributed by atoms with Gasteiger partial charge >= 0.3 is 0 Å². The molecule has 2 atom stereocenters. The fraction of sp³-hybridized carbons (Fsp3) is 0.625. The standard InChI is InChI=1S/C16H24FNO/c1-4-18-16(13-6-5-7-19-10-13)14-8-11(2)15(17)12(3)9-14/h8-9,13,16,18H,4-7,10H2,1-3H3. The monoisotopic (exact) mass is 265 g/mol. The predicted octanol–water partition coefficient (Wildman–Crippen LogP) is 3.52. The third-order valence-corrected chi connectivity index (χ3v) is 3.91. The van der Waals surface area contributed by atoms with Crippen LogP contribution in [0.3, 0.4) is 0 Å². The van der Waals surface area contributed by atoms with Gasteiger partial charge in [0.25, 0.3) is 0 Å². The van der Waals surface area contributed by atoms with E-state index in [0.29, 0.717) is 5.92 Å². The first-order chi connectivity index (χ1) is 9.13. The number of ether oxygens (including phenoxy) is 1. The summed E-state index contributed by atoms with van der Waals surface area (Å²) in [6.07, 6.45) is 2.29. The van der Waals surface area contributed by atoms with E-state index in [1.165, 1.54) is 12.0 Å². The van der Waals surface area contributed by atoms with Crippen molar-refractivity contribution in [3.05, 3.63) is 34.6 Å². The Balaban J connectivity index is 2.27. The lowest BCUT2D eigenvalue weighted by Crippen LogP contribution is -2.33. The van der Waals surface area contributed by atoms with Gasteiger partial charge < -0.3 is 10.1 Å². The van der Waals surface area contributed by atoms with Crippen LogP contribution in [0.2, 0.25) is 0 Å². The van der Waals surface area contributed by atoms with Crippen molar-refractivity contribution in [2.24, 2.45) is 5.92 Å². The summed E-state index contributed by atoms with van der Waals surface area (Å²) < 4.78 is 19.4. The Hall–Kier alpha value is -0.930. The summed E-state index contributed by atoms with van der Waals surface area (Å²) in [6.45, 7) is 8.37. The molecule has 0 aromatic heterocycles. The summed E-state index contributed by atoms with van der Waals surface area (Å²) in [5, 5.41) is 3.54. The highest BCUT2D eigenvalue weighted by molar-refractivity contribution is 5.32. The third-order valence-electron chi connectivity index (χ3n) is 3.91. The molecular weight excluding hydrogens is 241 g/mol. The van der Waals surface area contributed by atoms with E-state index in [4.69, 9.17) is 4.74 Å². The largest absolute Gasteiger partial charge is 0.381 e. The van der Waals surface area contributed by atoms with Crippen LogP contribution in [0.15, 0.2) is 12.1 Å². The SMILES string of the molecule is CCNC(c1cc(C)c(F)c(C)c1)C1CCCOC1. The molecule has 2 rings (SSSR count). The molecule has 2 unspecified atom stereocenters. The van der Waals surface area contributed by atoms with Crippen molar-refractivity contribution in [1.29, 1.82) is 0 Å². The molecular formula is C16H24FNO. The zero-order chi connectivity index (χ0) is 13.8. The molecule has 0 amide bonds. The molecule has 0 aliphatic carbocycles. The number of hydrogen-bond acceptors (Lipinski definition) is 2. The van der Waals surface area contributed by atoms with Crippen molar-refractivity contribution in [2.75, 3.05) is 19.8 Å². The lowest BCUT2D eigenvalue weighted by Gasteiger charge is -2.31.